The highest BCUT2D eigenvalue weighted by Crippen LogP contribution is 2.49. The van der Waals surface area contributed by atoms with Gasteiger partial charge in [-0.05, 0) is 30.1 Å². The van der Waals surface area contributed by atoms with Crippen molar-refractivity contribution in [3.05, 3.63) is 0 Å². The lowest BCUT2D eigenvalue weighted by Crippen LogP contribution is -2.38. The quantitative estimate of drug-likeness (QED) is 0.587. The van der Waals surface area contributed by atoms with E-state index in [1.54, 1.807) is 0 Å². The van der Waals surface area contributed by atoms with E-state index < -0.39 is 0 Å². The number of nitrogens with zero attached hydrogens (tertiary/aromatic N) is 1. The van der Waals surface area contributed by atoms with Crippen LogP contribution in [0.25, 0.3) is 0 Å². The Morgan fingerprint density at radius 3 is 2.00 bits per heavy atom. The molecule has 0 spiro atoms. The van der Waals surface area contributed by atoms with E-state index in [0.29, 0.717) is 0 Å². The summed E-state index contributed by atoms with van der Waals surface area (Å²) in [6.45, 7) is 7.43. The van der Waals surface area contributed by atoms with Gasteiger partial charge in [0.1, 0.15) is 0 Å². The summed E-state index contributed by atoms with van der Waals surface area (Å²) in [6, 6.07) is 0. The van der Waals surface area contributed by atoms with Crippen LogP contribution in [0.5, 0.6) is 0 Å². The fourth-order valence-electron chi connectivity index (χ4n) is 1.41. The van der Waals surface area contributed by atoms with Crippen LogP contribution in [0, 0.1) is 0 Å². The molecule has 2 heteroatoms. The molecule has 1 aliphatic heterocycles. The summed E-state index contributed by atoms with van der Waals surface area (Å²) in [5, 5.41) is 0.927. The largest absolute Gasteiger partial charge is 0.305 e. The highest BCUT2D eigenvalue weighted by atomic mass is 32.3. The third kappa shape index (κ3) is 2.12. The van der Waals surface area contributed by atoms with Crippen molar-refractivity contribution in [3.63, 3.8) is 0 Å². The van der Waals surface area contributed by atoms with Gasteiger partial charge in [0.15, 0.2) is 0 Å². The van der Waals surface area contributed by atoms with Crippen molar-refractivity contribution in [1.29, 1.82) is 0 Å². The zero-order valence-electron chi connectivity index (χ0n) is 8.26. The molecule has 0 atom stereocenters. The molecule has 68 valence electrons. The van der Waals surface area contributed by atoms with Gasteiger partial charge >= 0.3 is 0 Å². The molecule has 0 radical (unpaired) electrons. The second kappa shape index (κ2) is 3.36. The predicted molar refractivity (Wildman–Crippen MR) is 55.9 cm³/mol. The van der Waals surface area contributed by atoms with Crippen molar-refractivity contribution in [2.24, 2.45) is 0 Å². The molecule has 1 nitrogen and oxygen atoms in total. The fourth-order valence-corrected chi connectivity index (χ4v) is 4.02. The first-order valence-corrected chi connectivity index (χ1v) is 6.90. The van der Waals surface area contributed by atoms with E-state index in [4.69, 9.17) is 0 Å². The Bertz CT molecular complexity index is 126. The molecular weight excluding hydrogens is 154 g/mol. The van der Waals surface area contributed by atoms with Crippen molar-refractivity contribution in [3.8, 4) is 0 Å². The molecule has 0 aliphatic carbocycles. The fraction of sp³-hybridized carbons (Fsp3) is 1.00. The first-order valence-electron chi connectivity index (χ1n) is 4.46. The van der Waals surface area contributed by atoms with E-state index in [1.807, 2.05) is 0 Å². The van der Waals surface area contributed by atoms with Crippen LogP contribution in [0.1, 0.15) is 13.8 Å². The molecule has 1 heterocycles. The summed E-state index contributed by atoms with van der Waals surface area (Å²) >= 11 is 0. The summed E-state index contributed by atoms with van der Waals surface area (Å²) in [5.41, 5.74) is 0. The van der Waals surface area contributed by atoms with Crippen LogP contribution in [0.15, 0.2) is 0 Å². The topological polar surface area (TPSA) is 3.24 Å². The zero-order chi connectivity index (χ0) is 8.48. The van der Waals surface area contributed by atoms with Gasteiger partial charge in [0.2, 0.25) is 0 Å². The standard InChI is InChI=1S/C9H21NS/c1-9(2)11(4)7-5-10(3)6-8-11/h9H,5-8H2,1-4H3. The van der Waals surface area contributed by atoms with Crippen LogP contribution in [-0.2, 0) is 0 Å². The molecule has 0 unspecified atom stereocenters. The number of rotatable bonds is 1. The van der Waals surface area contributed by atoms with Crippen molar-refractivity contribution in [2.45, 2.75) is 19.1 Å². The molecule has 1 fully saturated rings. The van der Waals surface area contributed by atoms with Gasteiger partial charge in [0, 0.05) is 13.1 Å². The highest BCUT2D eigenvalue weighted by Gasteiger charge is 2.26. The Kier molecular flexibility index (Phi) is 2.87. The van der Waals surface area contributed by atoms with Gasteiger partial charge in [-0.3, -0.25) is 0 Å². The summed E-state index contributed by atoms with van der Waals surface area (Å²) in [5.74, 6) is 2.92. The van der Waals surface area contributed by atoms with Crippen molar-refractivity contribution < 1.29 is 0 Å². The average molecular weight is 175 g/mol. The molecule has 1 aliphatic rings. The summed E-state index contributed by atoms with van der Waals surface area (Å²) in [4.78, 5) is 2.46. The lowest BCUT2D eigenvalue weighted by molar-refractivity contribution is 0.368. The first-order chi connectivity index (χ1) is 5.04. The molecule has 11 heavy (non-hydrogen) atoms. The Labute approximate surface area is 72.5 Å². The first kappa shape index (κ1) is 9.40. The SMILES string of the molecule is CC(C)S1(C)CCN(C)CC1. The molecule has 0 bridgehead atoms. The van der Waals surface area contributed by atoms with Crippen LogP contribution in [0.3, 0.4) is 0 Å². The van der Waals surface area contributed by atoms with Gasteiger partial charge in [0.25, 0.3) is 0 Å². The van der Waals surface area contributed by atoms with Gasteiger partial charge in [-0.1, -0.05) is 13.8 Å². The highest BCUT2D eigenvalue weighted by molar-refractivity contribution is 8.33. The van der Waals surface area contributed by atoms with Crippen molar-refractivity contribution in [1.82, 2.24) is 4.90 Å². The summed E-state index contributed by atoms with van der Waals surface area (Å²) in [7, 11) is 2.00. The van der Waals surface area contributed by atoms with Crippen LogP contribution >= 0.6 is 10.0 Å². The molecule has 0 N–H and O–H groups in total. The smallest absolute Gasteiger partial charge is 0.00550 e. The maximum absolute atomic E-state index is 2.52. The monoisotopic (exact) mass is 175 g/mol. The van der Waals surface area contributed by atoms with Crippen LogP contribution < -0.4 is 0 Å². The summed E-state index contributed by atoms with van der Waals surface area (Å²) in [6.07, 6.45) is 2.52. The maximum atomic E-state index is 2.52. The number of hydrogen-bond donors (Lipinski definition) is 0. The molecule has 1 rings (SSSR count). The lowest BCUT2D eigenvalue weighted by atomic mass is 10.5. The van der Waals surface area contributed by atoms with Crippen LogP contribution in [0.4, 0.5) is 0 Å². The maximum Gasteiger partial charge on any atom is 0.00550 e. The Morgan fingerprint density at radius 1 is 1.18 bits per heavy atom. The Hall–Kier alpha value is 0.310. The van der Waals surface area contributed by atoms with E-state index in [2.05, 4.69) is 32.1 Å². The predicted octanol–water partition coefficient (Wildman–Crippen LogP) is 1.77. The molecule has 0 saturated carbocycles. The van der Waals surface area contributed by atoms with Crippen molar-refractivity contribution >= 4 is 10.0 Å². The zero-order valence-corrected chi connectivity index (χ0v) is 9.08. The molecule has 0 aromatic heterocycles. The normalized spacial score (nSPS) is 28.8. The van der Waals surface area contributed by atoms with Gasteiger partial charge in [-0.25, -0.2) is 10.0 Å². The minimum atomic E-state index is -0.231. The average Bonchev–Trinajstić information content (AvgIpc) is 1.95. The van der Waals surface area contributed by atoms with Gasteiger partial charge < -0.3 is 4.90 Å². The van der Waals surface area contributed by atoms with E-state index >= 15 is 0 Å². The van der Waals surface area contributed by atoms with Gasteiger partial charge in [-0.2, -0.15) is 0 Å². The molecule has 1 saturated heterocycles. The van der Waals surface area contributed by atoms with E-state index in [-0.39, 0.29) is 10.0 Å². The summed E-state index contributed by atoms with van der Waals surface area (Å²) < 4.78 is 0. The van der Waals surface area contributed by atoms with E-state index in [0.717, 1.165) is 5.25 Å². The van der Waals surface area contributed by atoms with E-state index in [9.17, 15) is 0 Å². The van der Waals surface area contributed by atoms with Crippen LogP contribution in [-0.4, -0.2) is 48.0 Å². The number of hydrogen-bond acceptors (Lipinski definition) is 1. The third-order valence-electron chi connectivity index (χ3n) is 3.02. The van der Waals surface area contributed by atoms with Crippen LogP contribution in [0.2, 0.25) is 0 Å². The van der Waals surface area contributed by atoms with Gasteiger partial charge in [0.05, 0.1) is 0 Å². The molecule has 0 aromatic rings. The molecule has 0 amide bonds. The van der Waals surface area contributed by atoms with Gasteiger partial charge in [-0.15, -0.1) is 0 Å². The third-order valence-corrected chi connectivity index (χ3v) is 7.52. The Morgan fingerprint density at radius 2 is 1.64 bits per heavy atom. The minimum Gasteiger partial charge on any atom is -0.305 e. The minimum absolute atomic E-state index is 0.231. The second-order valence-corrected chi connectivity index (χ2v) is 8.57. The second-order valence-electron chi connectivity index (χ2n) is 4.11. The molecule has 0 aromatic carbocycles. The Balaban J connectivity index is 2.48. The molecular formula is C9H21NS. The van der Waals surface area contributed by atoms with E-state index in [1.165, 1.54) is 24.6 Å². The van der Waals surface area contributed by atoms with Crippen molar-refractivity contribution in [2.75, 3.05) is 37.9 Å². The lowest BCUT2D eigenvalue weighted by Gasteiger charge is -2.46.